The van der Waals surface area contributed by atoms with E-state index in [1.54, 1.807) is 17.5 Å². The van der Waals surface area contributed by atoms with Crippen molar-refractivity contribution >= 4 is 66.5 Å². The highest BCUT2D eigenvalue weighted by molar-refractivity contribution is 7.91. The van der Waals surface area contributed by atoms with Gasteiger partial charge in [-0.15, -0.1) is 17.9 Å². The number of nitrogens with zero attached hydrogens (tertiary/aromatic N) is 1. The number of ether oxygens (including phenoxy) is 1. The van der Waals surface area contributed by atoms with Crippen molar-refractivity contribution in [2.24, 2.45) is 11.3 Å². The number of likely N-dealkylation sites (tertiary alicyclic amines) is 1. The van der Waals surface area contributed by atoms with Crippen LogP contribution in [0.25, 0.3) is 21.5 Å². The zero-order valence-electron chi connectivity index (χ0n) is 30.0. The zero-order valence-corrected chi connectivity index (χ0v) is 31.6. The Labute approximate surface area is 313 Å². The normalized spacial score (nSPS) is 23.4. The molecule has 1 saturated heterocycles. The van der Waals surface area contributed by atoms with Crippen LogP contribution in [-0.4, -0.2) is 72.5 Å². The van der Waals surface area contributed by atoms with Crippen molar-refractivity contribution in [2.75, 3.05) is 6.54 Å². The van der Waals surface area contributed by atoms with Crippen molar-refractivity contribution in [1.29, 1.82) is 0 Å². The molecule has 53 heavy (non-hydrogen) atoms. The van der Waals surface area contributed by atoms with E-state index < -0.39 is 74.0 Å². The van der Waals surface area contributed by atoms with Gasteiger partial charge >= 0.3 is 0 Å². The summed E-state index contributed by atoms with van der Waals surface area (Å²) in [7, 11) is -3.88. The summed E-state index contributed by atoms with van der Waals surface area (Å²) in [6.45, 7) is 9.59. The highest BCUT2D eigenvalue weighted by Gasteiger charge is 2.62. The quantitative estimate of drug-likeness (QED) is 0.135. The molecule has 11 nitrogen and oxygen atoms in total. The maximum atomic E-state index is 14.6. The summed E-state index contributed by atoms with van der Waals surface area (Å²) >= 11 is 1.26. The fourth-order valence-electron chi connectivity index (χ4n) is 7.32. The molecule has 5 atom stereocenters. The largest absolute Gasteiger partial charge is 0.372 e. The third kappa shape index (κ3) is 7.34. The van der Waals surface area contributed by atoms with E-state index in [0.29, 0.717) is 17.7 Å². The van der Waals surface area contributed by atoms with Crippen LogP contribution in [0.5, 0.6) is 0 Å². The molecule has 1 aliphatic heterocycles. The highest BCUT2D eigenvalue weighted by Crippen LogP contribution is 2.45. The van der Waals surface area contributed by atoms with Crippen molar-refractivity contribution in [2.45, 2.75) is 82.0 Å². The van der Waals surface area contributed by atoms with E-state index in [9.17, 15) is 27.6 Å². The summed E-state index contributed by atoms with van der Waals surface area (Å²) in [6, 6.07) is 19.6. The van der Waals surface area contributed by atoms with Gasteiger partial charge < -0.3 is 20.3 Å². The number of nitrogens with one attached hydrogen (secondary N) is 3. The van der Waals surface area contributed by atoms with E-state index in [2.05, 4.69) is 40.1 Å². The first-order valence-corrected chi connectivity index (χ1v) is 20.3. The number of carbonyl (C=O) groups excluding carboxylic acids is 4. The molecule has 13 heteroatoms. The number of rotatable bonds is 12. The van der Waals surface area contributed by atoms with Gasteiger partial charge in [-0.2, -0.15) is 0 Å². The van der Waals surface area contributed by atoms with Crippen LogP contribution in [0, 0.1) is 11.3 Å². The van der Waals surface area contributed by atoms with E-state index >= 15 is 0 Å². The minimum Gasteiger partial charge on any atom is -0.372 e. The molecule has 278 valence electrons. The first-order valence-electron chi connectivity index (χ1n) is 17.9. The Morgan fingerprint density at radius 3 is 2.25 bits per heavy atom. The smallest absolute Gasteiger partial charge is 0.262 e. The lowest BCUT2D eigenvalue weighted by atomic mass is 9.85. The minimum atomic E-state index is -3.88. The SMILES string of the molecule is C=C[C@@H]1C[C@@]1(NC(=O)[C@@H]1C[C@@H](OCc2c3ccccc3cc3ccccc23)CN1C(=O)[C@@H](NC(=O)c1cccs1)C(C)(C)C)C(=O)NS(=O)(=O)C1CC1. The van der Waals surface area contributed by atoms with Gasteiger partial charge in [0.25, 0.3) is 11.8 Å². The first-order chi connectivity index (χ1) is 25.2. The summed E-state index contributed by atoms with van der Waals surface area (Å²) in [4.78, 5) is 57.6. The van der Waals surface area contributed by atoms with E-state index in [-0.39, 0.29) is 26.0 Å². The van der Waals surface area contributed by atoms with Crippen LogP contribution in [0.3, 0.4) is 0 Å². The number of hydrogen-bond donors (Lipinski definition) is 3. The van der Waals surface area contributed by atoms with Crippen LogP contribution in [0.15, 0.2) is 84.8 Å². The molecule has 2 aliphatic carbocycles. The lowest BCUT2D eigenvalue weighted by Crippen LogP contribution is -2.60. The molecule has 4 amide bonds. The number of carbonyl (C=O) groups is 4. The Bertz CT molecular complexity index is 2160. The summed E-state index contributed by atoms with van der Waals surface area (Å²) in [5, 5.41) is 11.1. The molecule has 7 rings (SSSR count). The maximum absolute atomic E-state index is 14.6. The second-order valence-corrected chi connectivity index (χ2v) is 18.3. The number of sulfonamides is 1. The lowest BCUT2D eigenvalue weighted by Gasteiger charge is -2.35. The fraction of sp³-hybridized carbons (Fsp3) is 0.400. The van der Waals surface area contributed by atoms with E-state index in [1.807, 2.05) is 57.2 Å². The fourth-order valence-corrected chi connectivity index (χ4v) is 9.31. The summed E-state index contributed by atoms with van der Waals surface area (Å²) in [5.41, 5.74) is -1.28. The van der Waals surface area contributed by atoms with Gasteiger partial charge in [0.15, 0.2) is 0 Å². The molecule has 2 saturated carbocycles. The standard InChI is InChI=1S/C40H44N4O7S2/c1-5-26-21-40(26,38(48)43-53(49,50)28-16-17-28)42-35(45)32-20-27(22-44(32)37(47)34(39(2,3)4)41-36(46)33-15-10-18-52-33)51-23-31-29-13-8-6-11-24(29)19-25-12-7-9-14-30(25)31/h5-15,18-19,26-28,32,34H,1,16-17,20-23H2,2-4H3,(H,41,46)(H,42,45)(H,43,48)/t26-,27-,32+,34-,40+/m1/s1. The Morgan fingerprint density at radius 1 is 1.02 bits per heavy atom. The molecular formula is C40H44N4O7S2. The average Bonchev–Trinajstić information content (AvgIpc) is 3.99. The van der Waals surface area contributed by atoms with Gasteiger partial charge in [-0.25, -0.2) is 8.42 Å². The minimum absolute atomic E-state index is 0.0568. The van der Waals surface area contributed by atoms with E-state index in [4.69, 9.17) is 4.74 Å². The van der Waals surface area contributed by atoms with E-state index in [0.717, 1.165) is 27.1 Å². The monoisotopic (exact) mass is 756 g/mol. The van der Waals surface area contributed by atoms with Crippen LogP contribution in [-0.2, 0) is 35.8 Å². The second kappa shape index (κ2) is 14.0. The molecule has 3 aromatic carbocycles. The van der Waals surface area contributed by atoms with Crippen LogP contribution >= 0.6 is 11.3 Å². The summed E-state index contributed by atoms with van der Waals surface area (Å²) < 4.78 is 34.2. The van der Waals surface area contributed by atoms with Crippen LogP contribution < -0.4 is 15.4 Å². The first kappa shape index (κ1) is 36.8. The van der Waals surface area contributed by atoms with Gasteiger partial charge in [0.05, 0.1) is 22.8 Å². The number of benzene rings is 3. The molecule has 4 aromatic rings. The van der Waals surface area contributed by atoms with Crippen molar-refractivity contribution in [3.8, 4) is 0 Å². The van der Waals surface area contributed by atoms with Gasteiger partial charge in [-0.1, -0.05) is 81.4 Å². The van der Waals surface area contributed by atoms with Gasteiger partial charge in [-0.3, -0.25) is 23.9 Å². The number of fused-ring (bicyclic) bond motifs is 2. The predicted octanol–water partition coefficient (Wildman–Crippen LogP) is 5.05. The molecule has 0 bridgehead atoms. The molecule has 3 N–H and O–H groups in total. The zero-order chi connectivity index (χ0) is 37.7. The molecule has 0 spiro atoms. The molecule has 2 heterocycles. The summed E-state index contributed by atoms with van der Waals surface area (Å²) in [6.07, 6.45) is 2.18. The van der Waals surface area contributed by atoms with Gasteiger partial charge in [0.2, 0.25) is 21.8 Å². The molecule has 1 aromatic heterocycles. The molecule has 0 unspecified atom stereocenters. The predicted molar refractivity (Wildman–Crippen MR) is 204 cm³/mol. The number of hydrogen-bond acceptors (Lipinski definition) is 8. The van der Waals surface area contributed by atoms with E-state index in [1.165, 1.54) is 22.3 Å². The van der Waals surface area contributed by atoms with Crippen LogP contribution in [0.4, 0.5) is 0 Å². The number of amides is 4. The van der Waals surface area contributed by atoms with Crippen molar-refractivity contribution in [1.82, 2.24) is 20.3 Å². The Balaban J connectivity index is 1.18. The van der Waals surface area contributed by atoms with Crippen molar-refractivity contribution in [3.05, 3.63) is 95.2 Å². The van der Waals surface area contributed by atoms with Crippen LogP contribution in [0.1, 0.15) is 61.7 Å². The van der Waals surface area contributed by atoms with Crippen LogP contribution in [0.2, 0.25) is 0 Å². The van der Waals surface area contributed by atoms with Gasteiger partial charge in [0.1, 0.15) is 17.6 Å². The van der Waals surface area contributed by atoms with Gasteiger partial charge in [0, 0.05) is 18.9 Å². The Kier molecular flexibility index (Phi) is 9.71. The average molecular weight is 757 g/mol. The molecule has 3 fully saturated rings. The lowest BCUT2D eigenvalue weighted by molar-refractivity contribution is -0.142. The van der Waals surface area contributed by atoms with Crippen molar-refractivity contribution < 1.29 is 32.3 Å². The third-order valence-electron chi connectivity index (χ3n) is 10.6. The Morgan fingerprint density at radius 2 is 1.68 bits per heavy atom. The topological polar surface area (TPSA) is 151 Å². The highest BCUT2D eigenvalue weighted by atomic mass is 32.2. The molecule has 0 radical (unpaired) electrons. The third-order valence-corrected chi connectivity index (χ3v) is 13.3. The molecular weight excluding hydrogens is 713 g/mol. The second-order valence-electron chi connectivity index (χ2n) is 15.4. The van der Waals surface area contributed by atoms with Crippen molar-refractivity contribution in [3.63, 3.8) is 0 Å². The Hall–Kier alpha value is -4.59. The molecule has 3 aliphatic rings. The summed E-state index contributed by atoms with van der Waals surface area (Å²) in [5.74, 6) is -2.78. The number of thiophene rings is 1. The maximum Gasteiger partial charge on any atom is 0.262 e. The van der Waals surface area contributed by atoms with Gasteiger partial charge in [-0.05, 0) is 69.3 Å².